The molecule has 0 radical (unpaired) electrons. The van der Waals surface area contributed by atoms with Crippen molar-refractivity contribution in [1.82, 2.24) is 4.90 Å². The predicted octanol–water partition coefficient (Wildman–Crippen LogP) is 2.57. The van der Waals surface area contributed by atoms with E-state index in [1.807, 2.05) is 0 Å². The fraction of sp³-hybridized carbons (Fsp3) is 0.909. The molecule has 0 aromatic heterocycles. The topological polar surface area (TPSA) is 40.5 Å². The lowest BCUT2D eigenvalue weighted by Crippen LogP contribution is -2.26. The Bertz CT molecular complexity index is 201. The number of carboxylic acid groups (broad SMARTS) is 1. The highest BCUT2D eigenvalue weighted by molar-refractivity contribution is 5.65. The van der Waals surface area contributed by atoms with Crippen LogP contribution in [0.15, 0.2) is 0 Å². The molecule has 2 unspecified atom stereocenters. The smallest absolute Gasteiger partial charge is 0.407 e. The Hall–Kier alpha value is -0.730. The van der Waals surface area contributed by atoms with Crippen molar-refractivity contribution in [2.45, 2.75) is 38.5 Å². The minimum Gasteiger partial charge on any atom is -0.465 e. The molecule has 0 bridgehead atoms. The maximum absolute atomic E-state index is 10.8. The van der Waals surface area contributed by atoms with Crippen molar-refractivity contribution in [1.29, 1.82) is 0 Å². The summed E-state index contributed by atoms with van der Waals surface area (Å²) in [5, 5.41) is 8.93. The van der Waals surface area contributed by atoms with Crippen LogP contribution in [0.5, 0.6) is 0 Å². The molecule has 1 N–H and O–H groups in total. The van der Waals surface area contributed by atoms with E-state index in [1.165, 1.54) is 38.5 Å². The van der Waals surface area contributed by atoms with E-state index >= 15 is 0 Å². The summed E-state index contributed by atoms with van der Waals surface area (Å²) >= 11 is 0. The molecule has 1 saturated heterocycles. The van der Waals surface area contributed by atoms with E-state index in [9.17, 15) is 4.79 Å². The van der Waals surface area contributed by atoms with Gasteiger partial charge in [0.2, 0.25) is 0 Å². The third kappa shape index (κ3) is 2.02. The zero-order valence-electron chi connectivity index (χ0n) is 8.61. The number of rotatable bonds is 0. The van der Waals surface area contributed by atoms with E-state index in [0.717, 1.165) is 13.1 Å². The number of carbonyl (C=O) groups is 1. The Morgan fingerprint density at radius 3 is 1.93 bits per heavy atom. The summed E-state index contributed by atoms with van der Waals surface area (Å²) in [7, 11) is 0. The van der Waals surface area contributed by atoms with Crippen molar-refractivity contribution < 1.29 is 9.90 Å². The standard InChI is InChI=1S/C11H19NO2/c13-11(14)12-7-9-5-3-1-2-4-6-10(9)8-12/h9-10H,1-8H2,(H,13,14). The Labute approximate surface area is 85.1 Å². The lowest BCUT2D eigenvalue weighted by Gasteiger charge is -2.20. The van der Waals surface area contributed by atoms with E-state index < -0.39 is 6.09 Å². The molecular weight excluding hydrogens is 178 g/mol. The van der Waals surface area contributed by atoms with Gasteiger partial charge in [-0.1, -0.05) is 25.7 Å². The Kier molecular flexibility index (Phi) is 2.94. The summed E-state index contributed by atoms with van der Waals surface area (Å²) in [6, 6.07) is 0. The van der Waals surface area contributed by atoms with E-state index in [2.05, 4.69) is 0 Å². The number of fused-ring (bicyclic) bond motifs is 1. The summed E-state index contributed by atoms with van der Waals surface area (Å²) < 4.78 is 0. The summed E-state index contributed by atoms with van der Waals surface area (Å²) in [6.45, 7) is 1.58. The van der Waals surface area contributed by atoms with Crippen molar-refractivity contribution >= 4 is 6.09 Å². The molecular formula is C11H19NO2. The highest BCUT2D eigenvalue weighted by Crippen LogP contribution is 2.33. The molecule has 14 heavy (non-hydrogen) atoms. The van der Waals surface area contributed by atoms with Crippen LogP contribution in [0.1, 0.15) is 38.5 Å². The van der Waals surface area contributed by atoms with Gasteiger partial charge in [0.15, 0.2) is 0 Å². The molecule has 0 spiro atoms. The molecule has 1 aliphatic heterocycles. The maximum Gasteiger partial charge on any atom is 0.407 e. The molecule has 2 rings (SSSR count). The van der Waals surface area contributed by atoms with Crippen LogP contribution in [0.4, 0.5) is 4.79 Å². The van der Waals surface area contributed by atoms with Gasteiger partial charge in [0.1, 0.15) is 0 Å². The number of hydrogen-bond acceptors (Lipinski definition) is 1. The summed E-state index contributed by atoms with van der Waals surface area (Å²) in [4.78, 5) is 12.5. The van der Waals surface area contributed by atoms with Crippen molar-refractivity contribution in [3.8, 4) is 0 Å². The average Bonchev–Trinajstić information content (AvgIpc) is 2.48. The second-order valence-corrected chi connectivity index (χ2v) is 4.70. The Balaban J connectivity index is 1.95. The van der Waals surface area contributed by atoms with Gasteiger partial charge in [-0.15, -0.1) is 0 Å². The van der Waals surface area contributed by atoms with Gasteiger partial charge >= 0.3 is 6.09 Å². The largest absolute Gasteiger partial charge is 0.465 e. The lowest BCUT2D eigenvalue weighted by atomic mass is 9.84. The molecule has 0 aromatic rings. The van der Waals surface area contributed by atoms with Crippen molar-refractivity contribution in [3.05, 3.63) is 0 Å². The molecule has 1 saturated carbocycles. The molecule has 80 valence electrons. The normalized spacial score (nSPS) is 33.3. The number of likely N-dealkylation sites (tertiary alicyclic amines) is 1. The fourth-order valence-electron chi connectivity index (χ4n) is 2.92. The van der Waals surface area contributed by atoms with Crippen molar-refractivity contribution in [2.75, 3.05) is 13.1 Å². The second kappa shape index (κ2) is 4.20. The van der Waals surface area contributed by atoms with E-state index in [1.54, 1.807) is 4.90 Å². The van der Waals surface area contributed by atoms with Crippen LogP contribution in [0, 0.1) is 11.8 Å². The van der Waals surface area contributed by atoms with Crippen LogP contribution >= 0.6 is 0 Å². The minimum absolute atomic E-state index is 0.659. The van der Waals surface area contributed by atoms with Gasteiger partial charge in [0, 0.05) is 13.1 Å². The number of nitrogens with zero attached hydrogens (tertiary/aromatic N) is 1. The van der Waals surface area contributed by atoms with Gasteiger partial charge in [-0.25, -0.2) is 4.79 Å². The highest BCUT2D eigenvalue weighted by atomic mass is 16.4. The summed E-state index contributed by atoms with van der Waals surface area (Å²) in [5.74, 6) is 1.32. The van der Waals surface area contributed by atoms with Gasteiger partial charge in [-0.3, -0.25) is 0 Å². The molecule has 0 aromatic carbocycles. The van der Waals surface area contributed by atoms with Gasteiger partial charge in [-0.2, -0.15) is 0 Å². The van der Waals surface area contributed by atoms with Gasteiger partial charge in [0.25, 0.3) is 0 Å². The maximum atomic E-state index is 10.8. The fourth-order valence-corrected chi connectivity index (χ4v) is 2.92. The van der Waals surface area contributed by atoms with E-state index in [0.29, 0.717) is 11.8 Å². The molecule has 2 fully saturated rings. The third-order valence-electron chi connectivity index (χ3n) is 3.75. The predicted molar refractivity (Wildman–Crippen MR) is 54.3 cm³/mol. The van der Waals surface area contributed by atoms with E-state index in [-0.39, 0.29) is 0 Å². The van der Waals surface area contributed by atoms with Crippen LogP contribution in [0.2, 0.25) is 0 Å². The van der Waals surface area contributed by atoms with Crippen LogP contribution < -0.4 is 0 Å². The first-order valence-electron chi connectivity index (χ1n) is 5.75. The molecule has 2 aliphatic rings. The van der Waals surface area contributed by atoms with Gasteiger partial charge < -0.3 is 10.0 Å². The summed E-state index contributed by atoms with van der Waals surface area (Å²) in [5.41, 5.74) is 0. The van der Waals surface area contributed by atoms with Crippen molar-refractivity contribution in [2.24, 2.45) is 11.8 Å². The molecule has 1 heterocycles. The van der Waals surface area contributed by atoms with Crippen molar-refractivity contribution in [3.63, 3.8) is 0 Å². The van der Waals surface area contributed by atoms with Crippen LogP contribution in [-0.2, 0) is 0 Å². The lowest BCUT2D eigenvalue weighted by molar-refractivity contribution is 0.153. The molecule has 1 aliphatic carbocycles. The Morgan fingerprint density at radius 2 is 1.50 bits per heavy atom. The SMILES string of the molecule is O=C(O)N1CC2CCCCCCC2C1. The number of hydrogen-bond donors (Lipinski definition) is 1. The highest BCUT2D eigenvalue weighted by Gasteiger charge is 2.34. The first-order chi connectivity index (χ1) is 6.77. The van der Waals surface area contributed by atoms with Crippen LogP contribution in [-0.4, -0.2) is 29.2 Å². The monoisotopic (exact) mass is 197 g/mol. The quantitative estimate of drug-likeness (QED) is 0.648. The van der Waals surface area contributed by atoms with Crippen LogP contribution in [0.3, 0.4) is 0 Å². The first-order valence-corrected chi connectivity index (χ1v) is 5.75. The molecule has 2 atom stereocenters. The van der Waals surface area contributed by atoms with E-state index in [4.69, 9.17) is 5.11 Å². The third-order valence-corrected chi connectivity index (χ3v) is 3.75. The second-order valence-electron chi connectivity index (χ2n) is 4.70. The van der Waals surface area contributed by atoms with Crippen LogP contribution in [0.25, 0.3) is 0 Å². The molecule has 3 heteroatoms. The summed E-state index contributed by atoms with van der Waals surface area (Å²) in [6.07, 6.45) is 7.05. The van der Waals surface area contributed by atoms with Gasteiger partial charge in [0.05, 0.1) is 0 Å². The number of amides is 1. The molecule has 3 nitrogen and oxygen atoms in total. The average molecular weight is 197 g/mol. The minimum atomic E-state index is -0.725. The first kappa shape index (κ1) is 9.81. The zero-order chi connectivity index (χ0) is 9.97. The Morgan fingerprint density at radius 1 is 1.00 bits per heavy atom. The zero-order valence-corrected chi connectivity index (χ0v) is 8.61. The molecule has 1 amide bonds. The van der Waals surface area contributed by atoms with Gasteiger partial charge in [-0.05, 0) is 24.7 Å².